The second-order valence-corrected chi connectivity index (χ2v) is 27.6. The summed E-state index contributed by atoms with van der Waals surface area (Å²) >= 11 is 0. The van der Waals surface area contributed by atoms with Crippen molar-refractivity contribution in [2.75, 3.05) is 0 Å². The summed E-state index contributed by atoms with van der Waals surface area (Å²) < 4.78 is 9.58. The van der Waals surface area contributed by atoms with Crippen molar-refractivity contribution in [3.63, 3.8) is 0 Å². The zero-order chi connectivity index (χ0) is 68.1. The summed E-state index contributed by atoms with van der Waals surface area (Å²) in [6, 6.07) is 134. The lowest BCUT2D eigenvalue weighted by Gasteiger charge is -2.16. The molecule has 0 N–H and O–H groups in total. The molecule has 6 nitrogen and oxygen atoms in total. The molecule has 21 aromatic rings. The minimum absolute atomic E-state index is 0.596. The van der Waals surface area contributed by atoms with Crippen LogP contribution in [0.15, 0.2) is 364 Å². The van der Waals surface area contributed by atoms with Crippen molar-refractivity contribution in [1.29, 1.82) is 0 Å². The molecule has 104 heavy (non-hydrogen) atoms. The lowest BCUT2D eigenvalue weighted by Crippen LogP contribution is -2.09. The van der Waals surface area contributed by atoms with Crippen molar-refractivity contribution >= 4 is 98.0 Å². The molecule has 1 aliphatic carbocycles. The van der Waals surface area contributed by atoms with Gasteiger partial charge in [-0.1, -0.05) is 243 Å². The number of aromatic nitrogens is 6. The number of rotatable bonds is 10. The SMILES string of the molecule is c1ccc(-c2ccc3c(c2)c2cc(-c4ccc5c(c4)c4cc(-c6ccccc6)ccc4n5-c4nc5c(c(-n6c7ccc(-c8ccccc8)cc7c7cc(-c8ccc9c(c8)c8cc(-c%10ccccc%10)ccc8n9-c8ccccc8)ccc76)n4)-c4cccc6cccc-5c46)ccc2n3-c2ccccc2)cc1. The van der Waals surface area contributed by atoms with Gasteiger partial charge in [0.05, 0.1) is 55.4 Å². The number of benzene rings is 16. The maximum Gasteiger partial charge on any atom is 0.237 e. The molecule has 0 amide bonds. The summed E-state index contributed by atoms with van der Waals surface area (Å²) in [6.45, 7) is 0. The van der Waals surface area contributed by atoms with Crippen LogP contribution < -0.4 is 0 Å². The summed E-state index contributed by atoms with van der Waals surface area (Å²) in [6.07, 6.45) is 0. The highest BCUT2D eigenvalue weighted by atomic mass is 15.2. The van der Waals surface area contributed by atoms with Crippen molar-refractivity contribution in [2.45, 2.75) is 0 Å². The van der Waals surface area contributed by atoms with Gasteiger partial charge < -0.3 is 9.13 Å². The van der Waals surface area contributed by atoms with E-state index in [-0.39, 0.29) is 0 Å². The Bertz CT molecular complexity index is 7100. The average molecular weight is 1320 g/mol. The van der Waals surface area contributed by atoms with Crippen molar-refractivity contribution < 1.29 is 0 Å². The van der Waals surface area contributed by atoms with Gasteiger partial charge in [0.2, 0.25) is 5.95 Å². The third kappa shape index (κ3) is 8.89. The summed E-state index contributed by atoms with van der Waals surface area (Å²) in [4.78, 5) is 12.0. The maximum absolute atomic E-state index is 6.07. The fourth-order valence-electron chi connectivity index (χ4n) is 17.1. The van der Waals surface area contributed by atoms with E-state index in [1.54, 1.807) is 0 Å². The zero-order valence-electron chi connectivity index (χ0n) is 56.3. The van der Waals surface area contributed by atoms with Crippen LogP contribution in [0.2, 0.25) is 0 Å². The first-order valence-electron chi connectivity index (χ1n) is 35.7. The topological polar surface area (TPSA) is 45.5 Å². The maximum atomic E-state index is 6.07. The van der Waals surface area contributed by atoms with E-state index in [4.69, 9.17) is 9.97 Å². The molecule has 0 spiro atoms. The van der Waals surface area contributed by atoms with E-state index in [0.717, 1.165) is 139 Å². The van der Waals surface area contributed by atoms with E-state index in [9.17, 15) is 0 Å². The summed E-state index contributed by atoms with van der Waals surface area (Å²) in [5, 5.41) is 11.7. The van der Waals surface area contributed by atoms with Gasteiger partial charge in [0.1, 0.15) is 0 Å². The number of hydrogen-bond acceptors (Lipinski definition) is 2. The molecule has 5 heterocycles. The van der Waals surface area contributed by atoms with E-state index >= 15 is 0 Å². The van der Waals surface area contributed by atoms with Gasteiger partial charge in [0.25, 0.3) is 0 Å². The van der Waals surface area contributed by atoms with E-state index in [1.807, 2.05) is 0 Å². The molecule has 0 fully saturated rings. The third-order valence-electron chi connectivity index (χ3n) is 21.9. The van der Waals surface area contributed by atoms with Crippen LogP contribution >= 0.6 is 0 Å². The molecular weight excluding hydrogens is 1260 g/mol. The smallest absolute Gasteiger partial charge is 0.237 e. The van der Waals surface area contributed by atoms with E-state index in [1.165, 1.54) is 65.6 Å². The Morgan fingerprint density at radius 2 is 0.462 bits per heavy atom. The minimum Gasteiger partial charge on any atom is -0.309 e. The van der Waals surface area contributed by atoms with E-state index in [0.29, 0.717) is 5.95 Å². The van der Waals surface area contributed by atoms with Crippen molar-refractivity contribution in [1.82, 2.24) is 28.2 Å². The van der Waals surface area contributed by atoms with E-state index in [2.05, 4.69) is 382 Å². The monoisotopic (exact) mass is 1320 g/mol. The Hall–Kier alpha value is -13.9. The lowest BCUT2D eigenvalue weighted by molar-refractivity contribution is 0.957. The minimum atomic E-state index is 0.596. The van der Waals surface area contributed by atoms with Gasteiger partial charge in [-0.15, -0.1) is 0 Å². The van der Waals surface area contributed by atoms with Crippen LogP contribution in [0.25, 0.3) is 210 Å². The molecule has 0 atom stereocenters. The predicted octanol–water partition coefficient (Wildman–Crippen LogP) is 25.7. The molecule has 5 aromatic heterocycles. The third-order valence-corrected chi connectivity index (χ3v) is 21.9. The van der Waals surface area contributed by atoms with Gasteiger partial charge in [-0.2, -0.15) is 4.98 Å². The first-order chi connectivity index (χ1) is 51.6. The molecule has 16 aromatic carbocycles. The first kappa shape index (κ1) is 57.9. The second-order valence-electron chi connectivity index (χ2n) is 27.6. The van der Waals surface area contributed by atoms with Crippen LogP contribution in [0.1, 0.15) is 0 Å². The van der Waals surface area contributed by atoms with Gasteiger partial charge in [0, 0.05) is 60.0 Å². The van der Waals surface area contributed by atoms with Crippen molar-refractivity contribution in [2.24, 2.45) is 0 Å². The molecule has 0 unspecified atom stereocenters. The number of nitrogens with zero attached hydrogens (tertiary/aromatic N) is 6. The summed E-state index contributed by atoms with van der Waals surface area (Å²) in [5.74, 6) is 1.42. The van der Waals surface area contributed by atoms with E-state index < -0.39 is 0 Å². The van der Waals surface area contributed by atoms with Crippen LogP contribution in [0, 0.1) is 0 Å². The number of hydrogen-bond donors (Lipinski definition) is 0. The normalized spacial score (nSPS) is 12.0. The summed E-state index contributed by atoms with van der Waals surface area (Å²) in [7, 11) is 0. The Balaban J connectivity index is 0.769. The number of fused-ring (bicyclic) bond motifs is 15. The zero-order valence-corrected chi connectivity index (χ0v) is 56.3. The number of para-hydroxylation sites is 2. The predicted molar refractivity (Wildman–Crippen MR) is 434 cm³/mol. The van der Waals surface area contributed by atoms with Crippen LogP contribution in [0.5, 0.6) is 0 Å². The fourth-order valence-corrected chi connectivity index (χ4v) is 17.1. The Labute approximate surface area is 598 Å². The molecule has 0 bridgehead atoms. The Kier molecular flexibility index (Phi) is 12.7. The largest absolute Gasteiger partial charge is 0.309 e. The van der Waals surface area contributed by atoms with Crippen LogP contribution in [-0.2, 0) is 0 Å². The fraction of sp³-hybridized carbons (Fsp3) is 0. The van der Waals surface area contributed by atoms with Crippen LogP contribution in [-0.4, -0.2) is 28.2 Å². The van der Waals surface area contributed by atoms with Crippen molar-refractivity contribution in [3.05, 3.63) is 364 Å². The lowest BCUT2D eigenvalue weighted by atomic mass is 9.98. The highest BCUT2D eigenvalue weighted by molar-refractivity contribution is 6.20. The quantitative estimate of drug-likeness (QED) is 0.137. The van der Waals surface area contributed by atoms with Gasteiger partial charge >= 0.3 is 0 Å². The molecule has 6 heteroatoms. The van der Waals surface area contributed by atoms with Gasteiger partial charge in [-0.3, -0.25) is 9.13 Å². The average Bonchev–Trinajstić information content (AvgIpc) is 1.54. The van der Waals surface area contributed by atoms with Crippen LogP contribution in [0.4, 0.5) is 0 Å². The van der Waals surface area contributed by atoms with Crippen molar-refractivity contribution in [3.8, 4) is 112 Å². The van der Waals surface area contributed by atoms with Gasteiger partial charge in [-0.25, -0.2) is 4.98 Å². The summed E-state index contributed by atoms with van der Waals surface area (Å²) in [5.41, 5.74) is 29.1. The molecule has 0 radical (unpaired) electrons. The molecule has 22 rings (SSSR count). The Morgan fingerprint density at radius 3 is 0.779 bits per heavy atom. The molecule has 0 saturated heterocycles. The highest BCUT2D eigenvalue weighted by Crippen LogP contribution is 2.52. The van der Waals surface area contributed by atoms with Gasteiger partial charge in [0.15, 0.2) is 5.82 Å². The molecule has 0 saturated carbocycles. The van der Waals surface area contributed by atoms with Crippen LogP contribution in [0.3, 0.4) is 0 Å². The second kappa shape index (κ2) is 22.8. The Morgan fingerprint density at radius 1 is 0.192 bits per heavy atom. The molecule has 0 aliphatic heterocycles. The standard InChI is InChI=1S/C98H60N6/c1-7-21-61(22-8-1)66-37-45-86-78(53-66)80-57-70(41-47-88(80)101(86)74-31-15-5-16-32-74)72-43-50-91-83(59-72)82-55-68(63-25-11-3-12-26-63)39-49-90(82)103(91)97-95-76-35-19-29-65-30-20-36-77(94(65)76)96(95)99-98(100-97)104-92-51-40-69(64-27-13-4-14-28-64)56-84(92)85-60-73(44-52-93(85)104)71-42-48-89-81(58-71)79-54-67(62-23-9-2-10-24-62)38-46-87(79)102(89)75-33-17-6-18-34-75/h1-60H. The molecular formula is C98H60N6. The van der Waals surface area contributed by atoms with Gasteiger partial charge in [-0.05, 0) is 204 Å². The molecule has 482 valence electrons. The first-order valence-corrected chi connectivity index (χ1v) is 35.7. The molecule has 1 aliphatic rings. The highest BCUT2D eigenvalue weighted by Gasteiger charge is 2.32.